The molecule has 0 saturated carbocycles. The Kier molecular flexibility index (Phi) is 9.49. The van der Waals surface area contributed by atoms with Crippen molar-refractivity contribution in [3.05, 3.63) is 0 Å². The Morgan fingerprint density at radius 2 is 1.48 bits per heavy atom. The molecule has 1 atom stereocenters. The van der Waals surface area contributed by atoms with Crippen LogP contribution in [0.5, 0.6) is 0 Å². The highest BCUT2D eigenvalue weighted by Gasteiger charge is 2.49. The Morgan fingerprint density at radius 1 is 0.963 bits per heavy atom. The fraction of sp³-hybridized carbons (Fsp3) is 0.941. The zero-order valence-corrected chi connectivity index (χ0v) is 21.3. The molecule has 4 nitrogen and oxygen atoms in total. The van der Waals surface area contributed by atoms with Gasteiger partial charge in [-0.2, -0.15) is 13.2 Å². The van der Waals surface area contributed by atoms with Crippen LogP contribution in [0.2, 0.25) is 51.4 Å². The summed E-state index contributed by atoms with van der Waals surface area (Å²) in [4.78, 5) is 12.0. The van der Waals surface area contributed by atoms with Crippen molar-refractivity contribution < 1.29 is 30.9 Å². The highest BCUT2D eigenvalue weighted by molar-refractivity contribution is 6.88. The summed E-state index contributed by atoms with van der Waals surface area (Å²) in [6, 6.07) is -0.386. The van der Waals surface area contributed by atoms with E-state index in [1.165, 1.54) is 6.55 Å². The van der Waals surface area contributed by atoms with E-state index in [9.17, 15) is 18.0 Å². The van der Waals surface area contributed by atoms with Crippen LogP contribution in [0, 0.1) is 5.41 Å². The average Bonchev–Trinajstić information content (AvgIpc) is 2.37. The van der Waals surface area contributed by atoms with E-state index in [1.807, 2.05) is 53.5 Å². The first-order chi connectivity index (χ1) is 11.8. The summed E-state index contributed by atoms with van der Waals surface area (Å²) >= 11 is 0. The largest absolute Gasteiger partial charge is 0.465 e. The Hall–Kier alpha value is -0.169. The summed E-state index contributed by atoms with van der Waals surface area (Å²) in [5, 5.41) is 0. The van der Waals surface area contributed by atoms with Crippen LogP contribution >= 0.6 is 0 Å². The summed E-state index contributed by atoms with van der Waals surface area (Å²) in [5.41, 5.74) is -0.521. The first-order valence-electron chi connectivity index (χ1n) is 9.45. The Morgan fingerprint density at radius 3 is 1.89 bits per heavy atom. The third-order valence-corrected chi connectivity index (χ3v) is 14.8. The van der Waals surface area contributed by atoms with Crippen molar-refractivity contribution in [1.29, 1.82) is 0 Å². The van der Waals surface area contributed by atoms with Gasteiger partial charge in [0.1, 0.15) is 0 Å². The van der Waals surface area contributed by atoms with E-state index in [2.05, 4.69) is 0 Å². The van der Waals surface area contributed by atoms with Crippen molar-refractivity contribution in [1.82, 2.24) is 0 Å². The highest BCUT2D eigenvalue weighted by atomic mass is 28.5. The molecule has 27 heavy (non-hydrogen) atoms. The predicted octanol–water partition coefficient (Wildman–Crippen LogP) is 6.06. The topological polar surface area (TPSA) is 44.8 Å². The van der Waals surface area contributed by atoms with Gasteiger partial charge in [-0.15, -0.1) is 0 Å². The van der Waals surface area contributed by atoms with E-state index in [0.29, 0.717) is 18.9 Å². The zero-order chi connectivity index (χ0) is 21.7. The van der Waals surface area contributed by atoms with E-state index in [4.69, 9.17) is 13.0 Å². The van der Waals surface area contributed by atoms with Crippen LogP contribution in [0.25, 0.3) is 0 Å². The Bertz CT molecular complexity index is 473. The van der Waals surface area contributed by atoms with Crippen LogP contribution in [0.4, 0.5) is 13.2 Å². The average molecular weight is 447 g/mol. The van der Waals surface area contributed by atoms with E-state index in [0.717, 1.165) is 0 Å². The van der Waals surface area contributed by atoms with Crippen LogP contribution < -0.4 is 0 Å². The maximum absolute atomic E-state index is 13.1. The summed E-state index contributed by atoms with van der Waals surface area (Å²) < 4.78 is 56.6. The molecule has 0 radical (unpaired) electrons. The van der Waals surface area contributed by atoms with Crippen LogP contribution in [-0.4, -0.2) is 43.9 Å². The minimum Gasteiger partial charge on any atom is -0.465 e. The van der Waals surface area contributed by atoms with Gasteiger partial charge in [0.05, 0.1) is 18.1 Å². The minimum absolute atomic E-state index is 0.247. The molecule has 0 aliphatic carbocycles. The van der Waals surface area contributed by atoms with Gasteiger partial charge in [0.15, 0.2) is 16.6 Å². The summed E-state index contributed by atoms with van der Waals surface area (Å²) in [7, 11) is -7.96. The van der Waals surface area contributed by atoms with Crippen LogP contribution in [-0.2, 0) is 17.8 Å². The molecule has 0 heterocycles. The van der Waals surface area contributed by atoms with Gasteiger partial charge in [-0.05, 0) is 72.0 Å². The molecule has 0 aromatic heterocycles. The first-order valence-corrected chi connectivity index (χ1v) is 18.5. The highest BCUT2D eigenvalue weighted by Crippen LogP contribution is 2.34. The van der Waals surface area contributed by atoms with Crippen molar-refractivity contribution in [3.8, 4) is 0 Å². The molecule has 0 aliphatic rings. The van der Waals surface area contributed by atoms with Crippen LogP contribution in [0.1, 0.15) is 33.6 Å². The number of esters is 1. The number of ether oxygens (including phenoxy) is 1. The minimum atomic E-state index is -4.31. The number of carbonyl (C=O) groups excluding carboxylic acids is 1. The third kappa shape index (κ3) is 12.1. The number of alkyl halides is 3. The number of hydrogen-bond acceptors (Lipinski definition) is 4. The van der Waals surface area contributed by atoms with E-state index in [1.54, 1.807) is 0 Å². The second kappa shape index (κ2) is 9.55. The maximum atomic E-state index is 13.1. The monoisotopic (exact) mass is 446 g/mol. The lowest BCUT2D eigenvalue weighted by molar-refractivity contribution is -0.154. The van der Waals surface area contributed by atoms with Crippen molar-refractivity contribution in [2.75, 3.05) is 6.61 Å². The van der Waals surface area contributed by atoms with Gasteiger partial charge in [0, 0.05) is 0 Å². The lowest BCUT2D eigenvalue weighted by Gasteiger charge is -2.40. The number of halogens is 3. The molecule has 0 aromatic carbocycles. The van der Waals surface area contributed by atoms with E-state index in [-0.39, 0.29) is 12.6 Å². The van der Waals surface area contributed by atoms with Gasteiger partial charge in [-0.25, -0.2) is 0 Å². The number of rotatable bonds is 11. The molecule has 0 fully saturated rings. The molecule has 0 N–H and O–H groups in total. The molecule has 0 rings (SSSR count). The van der Waals surface area contributed by atoms with Crippen LogP contribution in [0.3, 0.4) is 0 Å². The van der Waals surface area contributed by atoms with Crippen molar-refractivity contribution in [3.63, 3.8) is 0 Å². The zero-order valence-electron chi connectivity index (χ0n) is 18.3. The Labute approximate surface area is 165 Å². The Balaban J connectivity index is 4.84. The fourth-order valence-corrected chi connectivity index (χ4v) is 15.9. The first kappa shape index (κ1) is 26.8. The van der Waals surface area contributed by atoms with Crippen molar-refractivity contribution in [2.45, 2.75) is 91.2 Å². The molecule has 0 amide bonds. The smallest absolute Gasteiger partial charge is 0.391 e. The molecule has 0 aromatic rings. The fourth-order valence-electron chi connectivity index (χ4n) is 2.74. The van der Waals surface area contributed by atoms with Crippen molar-refractivity contribution >= 4 is 31.2 Å². The second-order valence-corrected chi connectivity index (χ2v) is 22.0. The van der Waals surface area contributed by atoms with Crippen molar-refractivity contribution in [2.24, 2.45) is 5.41 Å². The number of carbonyl (C=O) groups is 1. The standard InChI is InChI=1S/C17H37F3O4Si3/c1-10-16(2,3)15(21)22-12-11-13-26(7,8)24-27(9,14-17(18,19)20)23-25(4,5)6/h10-14H2,1-9H3. The quantitative estimate of drug-likeness (QED) is 0.220. The second-order valence-electron chi connectivity index (χ2n) is 9.48. The van der Waals surface area contributed by atoms with Gasteiger partial charge in [0.2, 0.25) is 0 Å². The van der Waals surface area contributed by atoms with Gasteiger partial charge >= 0.3 is 20.7 Å². The van der Waals surface area contributed by atoms with Gasteiger partial charge < -0.3 is 13.0 Å². The molecule has 0 bridgehead atoms. The molecule has 1 unspecified atom stereocenters. The van der Waals surface area contributed by atoms with Crippen LogP contribution in [0.15, 0.2) is 0 Å². The third-order valence-electron chi connectivity index (χ3n) is 4.13. The summed E-state index contributed by atoms with van der Waals surface area (Å²) in [5.74, 6) is -0.247. The lowest BCUT2D eigenvalue weighted by Crippen LogP contribution is -2.55. The van der Waals surface area contributed by atoms with Gasteiger partial charge in [-0.1, -0.05) is 6.92 Å². The van der Waals surface area contributed by atoms with E-state index < -0.39 is 42.8 Å². The number of hydrogen-bond donors (Lipinski definition) is 0. The summed E-state index contributed by atoms with van der Waals surface area (Å²) in [6.07, 6.45) is -3.05. The predicted molar refractivity (Wildman–Crippen MR) is 110 cm³/mol. The summed E-state index contributed by atoms with van der Waals surface area (Å²) in [6.45, 7) is 16.8. The molecule has 0 saturated heterocycles. The maximum Gasteiger partial charge on any atom is 0.391 e. The molecule has 162 valence electrons. The molecule has 0 aliphatic heterocycles. The molecular weight excluding hydrogens is 409 g/mol. The normalized spacial score (nSPS) is 16.1. The molecule has 0 spiro atoms. The lowest BCUT2D eigenvalue weighted by atomic mass is 9.91. The molecule has 10 heteroatoms. The van der Waals surface area contributed by atoms with E-state index >= 15 is 0 Å². The van der Waals surface area contributed by atoms with Gasteiger partial charge in [-0.3, -0.25) is 4.79 Å². The van der Waals surface area contributed by atoms with Gasteiger partial charge in [0.25, 0.3) is 0 Å². The SMILES string of the molecule is CCC(C)(C)C(=O)OCCC[Si](C)(C)O[Si](C)(CC(F)(F)F)O[Si](C)(C)C. The molecular formula is C17H37F3O4Si3.